The third-order valence-electron chi connectivity index (χ3n) is 4.61. The molecule has 0 heterocycles. The summed E-state index contributed by atoms with van der Waals surface area (Å²) in [6.45, 7) is 2.65. The van der Waals surface area contributed by atoms with Gasteiger partial charge in [-0.2, -0.15) is 5.26 Å². The maximum absolute atomic E-state index is 12.3. The standard InChI is InChI=1S/C19H26N4O3/c1-3-23(13-18(25)22-19(14-20)10-4-5-11-19)12-17(24)21-15-6-8-16(26-2)9-7-15/h6-9H,3-5,10-13H2,1-2H3,(H,21,24)(H,22,25). The molecule has 0 aliphatic heterocycles. The Kier molecular flexibility index (Phi) is 6.98. The number of anilines is 1. The number of carbonyl (C=O) groups excluding carboxylic acids is 2. The minimum Gasteiger partial charge on any atom is -0.497 e. The number of nitriles is 1. The van der Waals surface area contributed by atoms with Crippen molar-refractivity contribution in [2.45, 2.75) is 38.1 Å². The number of nitrogens with zero attached hydrogens (tertiary/aromatic N) is 2. The minimum atomic E-state index is -0.734. The second-order valence-electron chi connectivity index (χ2n) is 6.53. The van der Waals surface area contributed by atoms with Gasteiger partial charge in [0.25, 0.3) is 0 Å². The van der Waals surface area contributed by atoms with Crippen molar-refractivity contribution in [3.05, 3.63) is 24.3 Å². The molecule has 7 heteroatoms. The molecule has 0 unspecified atom stereocenters. The topological polar surface area (TPSA) is 94.5 Å². The predicted octanol–water partition coefficient (Wildman–Crippen LogP) is 1.91. The van der Waals surface area contributed by atoms with Gasteiger partial charge in [0.2, 0.25) is 11.8 Å². The summed E-state index contributed by atoms with van der Waals surface area (Å²) >= 11 is 0. The van der Waals surface area contributed by atoms with Crippen molar-refractivity contribution >= 4 is 17.5 Å². The van der Waals surface area contributed by atoms with Crippen LogP contribution in [0.25, 0.3) is 0 Å². The Bertz CT molecular complexity index is 660. The van der Waals surface area contributed by atoms with Gasteiger partial charge in [0.1, 0.15) is 11.3 Å². The lowest BCUT2D eigenvalue weighted by Crippen LogP contribution is -2.49. The summed E-state index contributed by atoms with van der Waals surface area (Å²) in [5, 5.41) is 15.0. The molecule has 2 amide bonds. The molecule has 0 saturated heterocycles. The zero-order valence-corrected chi connectivity index (χ0v) is 15.4. The van der Waals surface area contributed by atoms with Gasteiger partial charge in [0.15, 0.2) is 0 Å². The summed E-state index contributed by atoms with van der Waals surface area (Å²) < 4.78 is 5.08. The third-order valence-corrected chi connectivity index (χ3v) is 4.61. The molecule has 1 saturated carbocycles. The van der Waals surface area contributed by atoms with E-state index in [1.807, 2.05) is 6.92 Å². The summed E-state index contributed by atoms with van der Waals surface area (Å²) in [6, 6.07) is 9.30. The van der Waals surface area contributed by atoms with E-state index < -0.39 is 5.54 Å². The van der Waals surface area contributed by atoms with Gasteiger partial charge in [-0.1, -0.05) is 6.92 Å². The highest BCUT2D eigenvalue weighted by Crippen LogP contribution is 2.28. The maximum Gasteiger partial charge on any atom is 0.238 e. The molecule has 0 bridgehead atoms. The highest BCUT2D eigenvalue weighted by molar-refractivity contribution is 5.92. The Morgan fingerprint density at radius 1 is 1.19 bits per heavy atom. The molecule has 1 aliphatic rings. The summed E-state index contributed by atoms with van der Waals surface area (Å²) in [5.74, 6) is 0.307. The van der Waals surface area contributed by atoms with E-state index in [0.29, 0.717) is 30.8 Å². The van der Waals surface area contributed by atoms with Gasteiger partial charge >= 0.3 is 0 Å². The van der Waals surface area contributed by atoms with E-state index in [0.717, 1.165) is 12.8 Å². The fraction of sp³-hybridized carbons (Fsp3) is 0.526. The van der Waals surface area contributed by atoms with Crippen molar-refractivity contribution in [3.8, 4) is 11.8 Å². The van der Waals surface area contributed by atoms with Crippen LogP contribution in [0.2, 0.25) is 0 Å². The molecule has 1 aliphatic carbocycles. The first-order valence-corrected chi connectivity index (χ1v) is 8.89. The van der Waals surface area contributed by atoms with Crippen LogP contribution >= 0.6 is 0 Å². The second kappa shape index (κ2) is 9.20. The fourth-order valence-corrected chi connectivity index (χ4v) is 3.11. The third kappa shape index (κ3) is 5.46. The number of ether oxygens (including phenoxy) is 1. The van der Waals surface area contributed by atoms with E-state index in [2.05, 4.69) is 16.7 Å². The number of benzene rings is 1. The Balaban J connectivity index is 1.84. The Hall–Kier alpha value is -2.59. The molecular weight excluding hydrogens is 332 g/mol. The van der Waals surface area contributed by atoms with Gasteiger partial charge < -0.3 is 15.4 Å². The van der Waals surface area contributed by atoms with Gasteiger partial charge in [0, 0.05) is 5.69 Å². The summed E-state index contributed by atoms with van der Waals surface area (Å²) in [7, 11) is 1.58. The second-order valence-corrected chi connectivity index (χ2v) is 6.53. The average molecular weight is 358 g/mol. The van der Waals surface area contributed by atoms with Crippen LogP contribution in [0, 0.1) is 11.3 Å². The van der Waals surface area contributed by atoms with Crippen LogP contribution in [-0.2, 0) is 9.59 Å². The Morgan fingerprint density at radius 2 is 1.81 bits per heavy atom. The maximum atomic E-state index is 12.3. The van der Waals surface area contributed by atoms with Gasteiger partial charge in [-0.25, -0.2) is 0 Å². The zero-order chi connectivity index (χ0) is 19.0. The van der Waals surface area contributed by atoms with Crippen LogP contribution in [0.15, 0.2) is 24.3 Å². The lowest BCUT2D eigenvalue weighted by Gasteiger charge is -2.25. The molecule has 2 N–H and O–H groups in total. The van der Waals surface area contributed by atoms with E-state index >= 15 is 0 Å². The van der Waals surface area contributed by atoms with E-state index in [1.165, 1.54) is 0 Å². The predicted molar refractivity (Wildman–Crippen MR) is 98.7 cm³/mol. The molecule has 0 aromatic heterocycles. The van der Waals surface area contributed by atoms with Gasteiger partial charge in [0.05, 0.1) is 26.3 Å². The molecule has 1 aromatic rings. The van der Waals surface area contributed by atoms with Gasteiger partial charge in [-0.05, 0) is 56.5 Å². The molecular formula is C19H26N4O3. The van der Waals surface area contributed by atoms with Crippen molar-refractivity contribution in [2.24, 2.45) is 0 Å². The average Bonchev–Trinajstić information content (AvgIpc) is 3.10. The van der Waals surface area contributed by atoms with E-state index in [-0.39, 0.29) is 24.9 Å². The van der Waals surface area contributed by atoms with Gasteiger partial charge in [-0.3, -0.25) is 14.5 Å². The SMILES string of the molecule is CCN(CC(=O)Nc1ccc(OC)cc1)CC(=O)NC1(C#N)CCCC1. The van der Waals surface area contributed by atoms with Crippen molar-refractivity contribution < 1.29 is 14.3 Å². The Morgan fingerprint density at radius 3 is 2.35 bits per heavy atom. The van der Waals surface area contributed by atoms with E-state index in [1.54, 1.807) is 36.3 Å². The van der Waals surface area contributed by atoms with Crippen molar-refractivity contribution in [3.63, 3.8) is 0 Å². The van der Waals surface area contributed by atoms with Crippen molar-refractivity contribution in [2.75, 3.05) is 32.1 Å². The highest BCUT2D eigenvalue weighted by atomic mass is 16.5. The normalized spacial score (nSPS) is 15.3. The number of hydrogen-bond acceptors (Lipinski definition) is 5. The molecule has 2 rings (SSSR count). The number of rotatable bonds is 8. The smallest absolute Gasteiger partial charge is 0.238 e. The number of hydrogen-bond donors (Lipinski definition) is 2. The molecule has 0 spiro atoms. The highest BCUT2D eigenvalue weighted by Gasteiger charge is 2.35. The first-order chi connectivity index (χ1) is 12.5. The number of amides is 2. The molecule has 26 heavy (non-hydrogen) atoms. The van der Waals surface area contributed by atoms with Crippen molar-refractivity contribution in [1.29, 1.82) is 5.26 Å². The summed E-state index contributed by atoms with van der Waals surface area (Å²) in [5.41, 5.74) is -0.0623. The number of nitrogens with one attached hydrogen (secondary N) is 2. The van der Waals surface area contributed by atoms with Crippen LogP contribution in [0.1, 0.15) is 32.6 Å². The first kappa shape index (κ1) is 19.7. The minimum absolute atomic E-state index is 0.0932. The lowest BCUT2D eigenvalue weighted by molar-refractivity contribution is -0.124. The van der Waals surface area contributed by atoms with E-state index in [4.69, 9.17) is 4.74 Å². The van der Waals surface area contributed by atoms with Gasteiger partial charge in [-0.15, -0.1) is 0 Å². The van der Waals surface area contributed by atoms with Crippen LogP contribution in [0.3, 0.4) is 0 Å². The summed E-state index contributed by atoms with van der Waals surface area (Å²) in [4.78, 5) is 26.3. The van der Waals surface area contributed by atoms with Crippen LogP contribution in [0.4, 0.5) is 5.69 Å². The zero-order valence-electron chi connectivity index (χ0n) is 15.4. The Labute approximate surface area is 154 Å². The lowest BCUT2D eigenvalue weighted by atomic mass is 10.00. The van der Waals surface area contributed by atoms with Crippen LogP contribution in [0.5, 0.6) is 5.75 Å². The number of carbonyl (C=O) groups is 2. The number of likely N-dealkylation sites (N-methyl/N-ethyl adjacent to an activating group) is 1. The number of methoxy groups -OCH3 is 1. The molecule has 140 valence electrons. The quantitative estimate of drug-likeness (QED) is 0.740. The molecule has 1 fully saturated rings. The fourth-order valence-electron chi connectivity index (χ4n) is 3.11. The molecule has 0 atom stereocenters. The van der Waals surface area contributed by atoms with E-state index in [9.17, 15) is 14.9 Å². The molecule has 7 nitrogen and oxygen atoms in total. The molecule has 0 radical (unpaired) electrons. The van der Waals surface area contributed by atoms with Crippen LogP contribution in [-0.4, -0.2) is 49.0 Å². The largest absolute Gasteiger partial charge is 0.497 e. The first-order valence-electron chi connectivity index (χ1n) is 8.89. The molecule has 1 aromatic carbocycles. The summed E-state index contributed by atoms with van der Waals surface area (Å²) in [6.07, 6.45) is 3.30. The van der Waals surface area contributed by atoms with Crippen molar-refractivity contribution in [1.82, 2.24) is 10.2 Å². The monoisotopic (exact) mass is 358 g/mol. The van der Waals surface area contributed by atoms with Crippen LogP contribution < -0.4 is 15.4 Å².